The molecule has 2 aliphatic rings. The first-order valence-electron chi connectivity index (χ1n) is 5.81. The van der Waals surface area contributed by atoms with Gasteiger partial charge in [0.1, 0.15) is 0 Å². The molecule has 3 atom stereocenters. The Hall–Kier alpha value is -0.610. The summed E-state index contributed by atoms with van der Waals surface area (Å²) in [5, 5.41) is 12.5. The summed E-state index contributed by atoms with van der Waals surface area (Å²) in [6.45, 7) is 5.29. The van der Waals surface area contributed by atoms with Crippen LogP contribution in [0.15, 0.2) is 0 Å². The maximum atomic E-state index is 10.7. The molecule has 0 aromatic rings. The number of fused-ring (bicyclic) bond motifs is 1. The molecule has 1 aliphatic heterocycles. The summed E-state index contributed by atoms with van der Waals surface area (Å²) in [5.74, 6) is 1.22. The lowest BCUT2D eigenvalue weighted by atomic mass is 10.00. The van der Waals surface area contributed by atoms with Crippen molar-refractivity contribution in [3.63, 3.8) is 0 Å². The van der Waals surface area contributed by atoms with Crippen LogP contribution in [0.3, 0.4) is 0 Å². The summed E-state index contributed by atoms with van der Waals surface area (Å²) in [4.78, 5) is 13.1. The Balaban J connectivity index is 1.72. The summed E-state index contributed by atoms with van der Waals surface area (Å²) < 4.78 is 0. The Labute approximate surface area is 90.6 Å². The van der Waals surface area contributed by atoms with Crippen molar-refractivity contribution in [2.75, 3.05) is 26.2 Å². The third-order valence-electron chi connectivity index (χ3n) is 3.70. The Morgan fingerprint density at radius 3 is 2.93 bits per heavy atom. The van der Waals surface area contributed by atoms with E-state index in [1.807, 2.05) is 0 Å². The summed E-state index contributed by atoms with van der Waals surface area (Å²) >= 11 is 0. The molecule has 15 heavy (non-hydrogen) atoms. The van der Waals surface area contributed by atoms with E-state index < -0.39 is 0 Å². The molecule has 1 heterocycles. The SMILES string of the molecule is CC(=O)NCCN1CC2CCC(O)C2C1. The summed E-state index contributed by atoms with van der Waals surface area (Å²) in [6, 6.07) is 0. The Bertz CT molecular complexity index is 245. The monoisotopic (exact) mass is 212 g/mol. The fraction of sp³-hybridized carbons (Fsp3) is 0.909. The number of likely N-dealkylation sites (tertiary alicyclic amines) is 1. The van der Waals surface area contributed by atoms with Crippen molar-refractivity contribution in [2.45, 2.75) is 25.9 Å². The van der Waals surface area contributed by atoms with Crippen molar-refractivity contribution in [2.24, 2.45) is 11.8 Å². The molecule has 1 amide bonds. The smallest absolute Gasteiger partial charge is 0.216 e. The molecule has 1 saturated heterocycles. The first-order chi connectivity index (χ1) is 7.16. The second kappa shape index (κ2) is 4.49. The highest BCUT2D eigenvalue weighted by Gasteiger charge is 2.41. The van der Waals surface area contributed by atoms with Crippen LogP contribution < -0.4 is 5.32 Å². The minimum absolute atomic E-state index is 0.0365. The van der Waals surface area contributed by atoms with Crippen LogP contribution in [0.2, 0.25) is 0 Å². The number of carbonyl (C=O) groups is 1. The Kier molecular flexibility index (Phi) is 3.26. The van der Waals surface area contributed by atoms with Crippen LogP contribution in [-0.2, 0) is 4.79 Å². The molecule has 0 bridgehead atoms. The van der Waals surface area contributed by atoms with Gasteiger partial charge in [-0.05, 0) is 18.8 Å². The fourth-order valence-electron chi connectivity index (χ4n) is 2.90. The van der Waals surface area contributed by atoms with Gasteiger partial charge in [0, 0.05) is 39.0 Å². The van der Waals surface area contributed by atoms with Gasteiger partial charge in [-0.25, -0.2) is 0 Å². The van der Waals surface area contributed by atoms with Crippen molar-refractivity contribution >= 4 is 5.91 Å². The van der Waals surface area contributed by atoms with Gasteiger partial charge in [0.15, 0.2) is 0 Å². The highest BCUT2D eigenvalue weighted by molar-refractivity contribution is 5.72. The van der Waals surface area contributed by atoms with Gasteiger partial charge in [0.25, 0.3) is 0 Å². The minimum Gasteiger partial charge on any atom is -0.393 e. The molecule has 2 rings (SSSR count). The van der Waals surface area contributed by atoms with E-state index in [9.17, 15) is 9.90 Å². The molecule has 0 spiro atoms. The third kappa shape index (κ3) is 2.49. The van der Waals surface area contributed by atoms with Gasteiger partial charge in [-0.1, -0.05) is 0 Å². The van der Waals surface area contributed by atoms with E-state index >= 15 is 0 Å². The van der Waals surface area contributed by atoms with Crippen molar-refractivity contribution in [1.29, 1.82) is 0 Å². The first kappa shape index (κ1) is 10.9. The Morgan fingerprint density at radius 1 is 1.47 bits per heavy atom. The number of nitrogens with one attached hydrogen (secondary N) is 1. The fourth-order valence-corrected chi connectivity index (χ4v) is 2.90. The first-order valence-corrected chi connectivity index (χ1v) is 5.81. The van der Waals surface area contributed by atoms with Gasteiger partial charge in [0.2, 0.25) is 5.91 Å². The van der Waals surface area contributed by atoms with Crippen LogP contribution in [-0.4, -0.2) is 48.2 Å². The van der Waals surface area contributed by atoms with Crippen LogP contribution in [0.1, 0.15) is 19.8 Å². The zero-order chi connectivity index (χ0) is 10.8. The van der Waals surface area contributed by atoms with E-state index in [4.69, 9.17) is 0 Å². The lowest BCUT2D eigenvalue weighted by Gasteiger charge is -2.17. The van der Waals surface area contributed by atoms with E-state index in [0.717, 1.165) is 32.6 Å². The molecule has 4 nitrogen and oxygen atoms in total. The van der Waals surface area contributed by atoms with E-state index in [1.165, 1.54) is 6.42 Å². The molecule has 2 N–H and O–H groups in total. The van der Waals surface area contributed by atoms with Crippen molar-refractivity contribution in [1.82, 2.24) is 10.2 Å². The molecule has 0 radical (unpaired) electrons. The van der Waals surface area contributed by atoms with Crippen LogP contribution in [0, 0.1) is 11.8 Å². The average molecular weight is 212 g/mol. The molecular formula is C11H20N2O2. The normalized spacial score (nSPS) is 35.5. The molecule has 1 aliphatic carbocycles. The van der Waals surface area contributed by atoms with Gasteiger partial charge in [0.05, 0.1) is 6.10 Å². The summed E-state index contributed by atoms with van der Waals surface area (Å²) in [5.41, 5.74) is 0. The van der Waals surface area contributed by atoms with Crippen molar-refractivity contribution < 1.29 is 9.90 Å². The topological polar surface area (TPSA) is 52.6 Å². The van der Waals surface area contributed by atoms with Crippen LogP contribution >= 0.6 is 0 Å². The molecule has 3 unspecified atom stereocenters. The number of hydrogen-bond acceptors (Lipinski definition) is 3. The van der Waals surface area contributed by atoms with Crippen molar-refractivity contribution in [3.8, 4) is 0 Å². The number of rotatable bonds is 3. The second-order valence-electron chi connectivity index (χ2n) is 4.81. The lowest BCUT2D eigenvalue weighted by molar-refractivity contribution is -0.119. The standard InChI is InChI=1S/C11H20N2O2/c1-8(14)12-4-5-13-6-9-2-3-11(15)10(9)7-13/h9-11,15H,2-7H2,1H3,(H,12,14). The summed E-state index contributed by atoms with van der Waals surface area (Å²) in [7, 11) is 0. The minimum atomic E-state index is -0.0826. The van der Waals surface area contributed by atoms with Crippen LogP contribution in [0.5, 0.6) is 0 Å². The largest absolute Gasteiger partial charge is 0.393 e. The van der Waals surface area contributed by atoms with Crippen molar-refractivity contribution in [3.05, 3.63) is 0 Å². The highest BCUT2D eigenvalue weighted by Crippen LogP contribution is 2.37. The molecule has 4 heteroatoms. The molecular weight excluding hydrogens is 192 g/mol. The van der Waals surface area contributed by atoms with Crippen LogP contribution in [0.25, 0.3) is 0 Å². The number of nitrogens with zero attached hydrogens (tertiary/aromatic N) is 1. The number of hydrogen-bond donors (Lipinski definition) is 2. The highest BCUT2D eigenvalue weighted by atomic mass is 16.3. The quantitative estimate of drug-likeness (QED) is 0.682. The zero-order valence-corrected chi connectivity index (χ0v) is 9.28. The number of amides is 1. The number of aliphatic hydroxyl groups is 1. The van der Waals surface area contributed by atoms with E-state index in [0.29, 0.717) is 11.8 Å². The number of carbonyl (C=O) groups excluding carboxylic acids is 1. The lowest BCUT2D eigenvalue weighted by Crippen LogP contribution is -2.33. The maximum absolute atomic E-state index is 10.7. The predicted octanol–water partition coefficient (Wildman–Crippen LogP) is -0.175. The predicted molar refractivity (Wildman–Crippen MR) is 57.3 cm³/mol. The Morgan fingerprint density at radius 2 is 2.27 bits per heavy atom. The van der Waals surface area contributed by atoms with Crippen LogP contribution in [0.4, 0.5) is 0 Å². The van der Waals surface area contributed by atoms with Gasteiger partial charge >= 0.3 is 0 Å². The van der Waals surface area contributed by atoms with E-state index in [1.54, 1.807) is 6.92 Å². The van der Waals surface area contributed by atoms with Gasteiger partial charge in [-0.15, -0.1) is 0 Å². The van der Waals surface area contributed by atoms with Gasteiger partial charge in [-0.2, -0.15) is 0 Å². The third-order valence-corrected chi connectivity index (χ3v) is 3.70. The number of aliphatic hydroxyl groups excluding tert-OH is 1. The van der Waals surface area contributed by atoms with E-state index in [-0.39, 0.29) is 12.0 Å². The maximum Gasteiger partial charge on any atom is 0.216 e. The summed E-state index contributed by atoms with van der Waals surface area (Å²) in [6.07, 6.45) is 2.07. The zero-order valence-electron chi connectivity index (χ0n) is 9.28. The molecule has 0 aromatic carbocycles. The van der Waals surface area contributed by atoms with E-state index in [2.05, 4.69) is 10.2 Å². The molecule has 1 saturated carbocycles. The molecule has 2 fully saturated rings. The second-order valence-corrected chi connectivity index (χ2v) is 4.81. The molecule has 86 valence electrons. The van der Waals surface area contributed by atoms with Gasteiger partial charge < -0.3 is 15.3 Å². The van der Waals surface area contributed by atoms with Gasteiger partial charge in [-0.3, -0.25) is 4.79 Å². The molecule has 0 aromatic heterocycles. The average Bonchev–Trinajstić information content (AvgIpc) is 2.69.